The Hall–Kier alpha value is -3.66. The van der Waals surface area contributed by atoms with Gasteiger partial charge >= 0.3 is 0 Å². The number of aromatic nitrogens is 1. The number of benzene rings is 1. The van der Waals surface area contributed by atoms with Gasteiger partial charge in [-0.15, -0.1) is 0 Å². The van der Waals surface area contributed by atoms with Crippen molar-refractivity contribution >= 4 is 27.5 Å². The summed E-state index contributed by atoms with van der Waals surface area (Å²) in [5.41, 5.74) is 0.351. The number of amides is 2. The van der Waals surface area contributed by atoms with E-state index < -0.39 is 10.0 Å². The first-order valence-corrected chi connectivity index (χ1v) is 11.5. The number of carbonyl (C=O) groups is 2. The number of pyridine rings is 1. The molecule has 1 aliphatic rings. The van der Waals surface area contributed by atoms with Crippen molar-refractivity contribution in [1.29, 1.82) is 0 Å². The Balaban J connectivity index is 1.48. The Labute approximate surface area is 185 Å². The van der Waals surface area contributed by atoms with Crippen LogP contribution in [-0.2, 0) is 14.8 Å². The lowest BCUT2D eigenvalue weighted by molar-refractivity contribution is -0.131. The second-order valence-corrected chi connectivity index (χ2v) is 9.04. The summed E-state index contributed by atoms with van der Waals surface area (Å²) in [6.07, 6.45) is 4.40. The van der Waals surface area contributed by atoms with Crippen LogP contribution >= 0.6 is 0 Å². The smallest absolute Gasteiger partial charge is 0.289 e. The molecule has 3 heterocycles. The summed E-state index contributed by atoms with van der Waals surface area (Å²) in [6.45, 7) is 0.938. The monoisotopic (exact) mass is 454 g/mol. The zero-order chi connectivity index (χ0) is 22.6. The van der Waals surface area contributed by atoms with E-state index in [0.29, 0.717) is 31.9 Å². The molecule has 0 unspecified atom stereocenters. The number of anilines is 1. The quantitative estimate of drug-likeness (QED) is 0.563. The fourth-order valence-electron chi connectivity index (χ4n) is 3.48. The molecule has 9 nitrogen and oxygen atoms in total. The Morgan fingerprint density at radius 1 is 0.906 bits per heavy atom. The number of furan rings is 1. The lowest BCUT2D eigenvalue weighted by atomic mass is 10.2. The van der Waals surface area contributed by atoms with Crippen LogP contribution in [0.1, 0.15) is 10.6 Å². The normalized spacial score (nSPS) is 14.2. The highest BCUT2D eigenvalue weighted by atomic mass is 32.2. The molecule has 0 bridgehead atoms. The summed E-state index contributed by atoms with van der Waals surface area (Å²) in [4.78, 5) is 32.7. The van der Waals surface area contributed by atoms with Crippen LogP contribution in [0.2, 0.25) is 0 Å². The summed E-state index contributed by atoms with van der Waals surface area (Å²) < 4.78 is 32.8. The lowest BCUT2D eigenvalue weighted by Crippen LogP contribution is -2.53. The van der Waals surface area contributed by atoms with Gasteiger partial charge in [0.05, 0.1) is 16.8 Å². The van der Waals surface area contributed by atoms with Crippen LogP contribution in [0.15, 0.2) is 82.6 Å². The van der Waals surface area contributed by atoms with Crippen molar-refractivity contribution < 1.29 is 22.4 Å². The zero-order valence-electron chi connectivity index (χ0n) is 17.2. The second-order valence-electron chi connectivity index (χ2n) is 7.18. The Bertz CT molecular complexity index is 1160. The highest BCUT2D eigenvalue weighted by Gasteiger charge is 2.31. The van der Waals surface area contributed by atoms with Gasteiger partial charge in [-0.25, -0.2) is 8.42 Å². The summed E-state index contributed by atoms with van der Waals surface area (Å²) in [7, 11) is -3.96. The van der Waals surface area contributed by atoms with Gasteiger partial charge in [-0.1, -0.05) is 18.2 Å². The van der Waals surface area contributed by atoms with E-state index in [0.717, 1.165) is 4.31 Å². The molecule has 32 heavy (non-hydrogen) atoms. The maximum absolute atomic E-state index is 13.3. The predicted molar refractivity (Wildman–Crippen MR) is 116 cm³/mol. The van der Waals surface area contributed by atoms with Crippen molar-refractivity contribution in [2.45, 2.75) is 4.90 Å². The van der Waals surface area contributed by atoms with Crippen LogP contribution in [0.3, 0.4) is 0 Å². The van der Waals surface area contributed by atoms with Gasteiger partial charge in [-0.2, -0.15) is 0 Å². The van der Waals surface area contributed by atoms with E-state index >= 15 is 0 Å². The summed E-state index contributed by atoms with van der Waals surface area (Å²) in [6, 6.07) is 14.3. The average molecular weight is 455 g/mol. The van der Waals surface area contributed by atoms with E-state index in [1.54, 1.807) is 52.3 Å². The Morgan fingerprint density at radius 2 is 1.56 bits per heavy atom. The molecule has 4 rings (SSSR count). The fraction of sp³-hybridized carbons (Fsp3) is 0.227. The molecule has 0 spiro atoms. The number of rotatable bonds is 6. The van der Waals surface area contributed by atoms with Gasteiger partial charge < -0.3 is 14.2 Å². The molecule has 0 N–H and O–H groups in total. The molecule has 1 fully saturated rings. The molecule has 1 aromatic carbocycles. The maximum Gasteiger partial charge on any atom is 0.289 e. The van der Waals surface area contributed by atoms with Crippen LogP contribution in [0.4, 0.5) is 5.69 Å². The fourth-order valence-corrected chi connectivity index (χ4v) is 4.92. The van der Waals surface area contributed by atoms with Crippen molar-refractivity contribution in [2.24, 2.45) is 0 Å². The number of sulfonamides is 1. The number of nitrogens with zero attached hydrogens (tertiary/aromatic N) is 4. The maximum atomic E-state index is 13.3. The van der Waals surface area contributed by atoms with Crippen molar-refractivity contribution in [3.8, 4) is 0 Å². The minimum absolute atomic E-state index is 0.0958. The summed E-state index contributed by atoms with van der Waals surface area (Å²) in [5.74, 6) is -0.318. The molecule has 2 aromatic heterocycles. The number of piperazine rings is 1. The van der Waals surface area contributed by atoms with Gasteiger partial charge in [0, 0.05) is 38.6 Å². The number of hydrogen-bond donors (Lipinski definition) is 0. The molecule has 0 aliphatic carbocycles. The number of hydrogen-bond acceptors (Lipinski definition) is 6. The highest BCUT2D eigenvalue weighted by molar-refractivity contribution is 7.92. The van der Waals surface area contributed by atoms with Crippen LogP contribution in [0.5, 0.6) is 0 Å². The van der Waals surface area contributed by atoms with Crippen LogP contribution in [0.25, 0.3) is 0 Å². The van der Waals surface area contributed by atoms with E-state index in [-0.39, 0.29) is 29.0 Å². The highest BCUT2D eigenvalue weighted by Crippen LogP contribution is 2.23. The zero-order valence-corrected chi connectivity index (χ0v) is 18.0. The molecule has 1 saturated heterocycles. The molecule has 0 atom stereocenters. The van der Waals surface area contributed by atoms with Crippen molar-refractivity contribution in [3.63, 3.8) is 0 Å². The molecule has 166 valence electrons. The minimum Gasteiger partial charge on any atom is -0.459 e. The standard InChI is InChI=1S/C22H22N4O5S/c27-21(24-12-14-25(15-13-24)22(28)20-7-4-16-31-20)17-26(18-8-10-23-11-9-18)32(29,30)19-5-2-1-3-6-19/h1-11,16H,12-15,17H2. The molecular formula is C22H22N4O5S. The van der Waals surface area contributed by atoms with Gasteiger partial charge in [0.25, 0.3) is 15.9 Å². The van der Waals surface area contributed by atoms with Crippen molar-refractivity contribution in [1.82, 2.24) is 14.8 Å². The first kappa shape index (κ1) is 21.6. The SMILES string of the molecule is O=C(CN(c1ccncc1)S(=O)(=O)c1ccccc1)N1CCN(C(=O)c2ccco2)CC1. The van der Waals surface area contributed by atoms with Gasteiger partial charge in [0.1, 0.15) is 6.54 Å². The van der Waals surface area contributed by atoms with Crippen molar-refractivity contribution in [2.75, 3.05) is 37.0 Å². The molecule has 1 aliphatic heterocycles. The van der Waals surface area contributed by atoms with E-state index in [1.165, 1.54) is 30.8 Å². The van der Waals surface area contributed by atoms with E-state index in [4.69, 9.17) is 4.42 Å². The second kappa shape index (κ2) is 9.23. The van der Waals surface area contributed by atoms with Crippen LogP contribution < -0.4 is 4.31 Å². The molecular weight excluding hydrogens is 432 g/mol. The van der Waals surface area contributed by atoms with Crippen LogP contribution in [-0.4, -0.2) is 67.7 Å². The van der Waals surface area contributed by atoms with E-state index in [2.05, 4.69) is 4.98 Å². The van der Waals surface area contributed by atoms with Crippen LogP contribution in [0, 0.1) is 0 Å². The topological polar surface area (TPSA) is 104 Å². The summed E-state index contributed by atoms with van der Waals surface area (Å²) >= 11 is 0. The molecule has 10 heteroatoms. The molecule has 0 saturated carbocycles. The van der Waals surface area contributed by atoms with Gasteiger partial charge in [-0.3, -0.25) is 18.9 Å². The number of carbonyl (C=O) groups excluding carboxylic acids is 2. The van der Waals surface area contributed by atoms with Gasteiger partial charge in [0.2, 0.25) is 5.91 Å². The molecule has 3 aromatic rings. The van der Waals surface area contributed by atoms with E-state index in [9.17, 15) is 18.0 Å². The molecule has 0 radical (unpaired) electrons. The van der Waals surface area contributed by atoms with E-state index in [1.807, 2.05) is 0 Å². The van der Waals surface area contributed by atoms with Gasteiger partial charge in [0.15, 0.2) is 5.76 Å². The Morgan fingerprint density at radius 3 is 2.19 bits per heavy atom. The first-order chi connectivity index (χ1) is 15.5. The summed E-state index contributed by atoms with van der Waals surface area (Å²) in [5, 5.41) is 0. The third-order valence-electron chi connectivity index (χ3n) is 5.21. The Kier molecular flexibility index (Phi) is 6.22. The molecule has 2 amide bonds. The largest absolute Gasteiger partial charge is 0.459 e. The first-order valence-electron chi connectivity index (χ1n) is 10.1. The van der Waals surface area contributed by atoms with Crippen molar-refractivity contribution in [3.05, 3.63) is 79.0 Å². The van der Waals surface area contributed by atoms with Gasteiger partial charge in [-0.05, 0) is 36.4 Å². The third-order valence-corrected chi connectivity index (χ3v) is 7.00. The third kappa shape index (κ3) is 4.50. The minimum atomic E-state index is -3.96. The predicted octanol–water partition coefficient (Wildman–Crippen LogP) is 1.85. The average Bonchev–Trinajstić information content (AvgIpc) is 3.38. The lowest BCUT2D eigenvalue weighted by Gasteiger charge is -2.35.